The molecule has 2 rings (SSSR count). The van der Waals surface area contributed by atoms with Gasteiger partial charge in [0.2, 0.25) is 11.8 Å². The fraction of sp³-hybridized carbons (Fsp3) is 0.444. The zero-order valence-electron chi connectivity index (χ0n) is 14.1. The van der Waals surface area contributed by atoms with Crippen molar-refractivity contribution in [3.05, 3.63) is 46.0 Å². The number of amides is 2. The highest BCUT2D eigenvalue weighted by atomic mass is 35.5. The van der Waals surface area contributed by atoms with E-state index in [9.17, 15) is 9.59 Å². The molecule has 1 aromatic carbocycles. The van der Waals surface area contributed by atoms with E-state index in [0.29, 0.717) is 29.4 Å². The molecule has 0 radical (unpaired) electrons. The number of carbonyl (C=O) groups is 2. The third kappa shape index (κ3) is 6.34. The molecule has 1 aromatic rings. The summed E-state index contributed by atoms with van der Waals surface area (Å²) in [5, 5.41) is 9.74. The molecule has 25 heavy (non-hydrogen) atoms. The fourth-order valence-corrected chi connectivity index (χ4v) is 3.01. The summed E-state index contributed by atoms with van der Waals surface area (Å²) in [5.74, 6) is -0.378. The number of hydrogen-bond donors (Lipinski definition) is 3. The van der Waals surface area contributed by atoms with Crippen LogP contribution in [0, 0.1) is 0 Å². The first kappa shape index (κ1) is 19.8. The summed E-state index contributed by atoms with van der Waals surface area (Å²) in [7, 11) is 1.82. The molecule has 0 aliphatic carbocycles. The number of carbonyl (C=O) groups excluding carboxylic acids is 2. The molecule has 2 atom stereocenters. The van der Waals surface area contributed by atoms with Crippen molar-refractivity contribution in [2.24, 2.45) is 0 Å². The van der Waals surface area contributed by atoms with Crippen LogP contribution in [0.5, 0.6) is 0 Å². The number of halogens is 2. The van der Waals surface area contributed by atoms with Gasteiger partial charge in [0.1, 0.15) is 6.04 Å². The van der Waals surface area contributed by atoms with Gasteiger partial charge in [-0.15, -0.1) is 0 Å². The minimum atomic E-state index is -0.456. The van der Waals surface area contributed by atoms with Gasteiger partial charge in [0.25, 0.3) is 0 Å². The van der Waals surface area contributed by atoms with Gasteiger partial charge in [-0.3, -0.25) is 9.59 Å². The van der Waals surface area contributed by atoms with Gasteiger partial charge in [-0.25, -0.2) is 0 Å². The van der Waals surface area contributed by atoms with E-state index in [2.05, 4.69) is 16.0 Å². The van der Waals surface area contributed by atoms with E-state index < -0.39 is 6.04 Å². The van der Waals surface area contributed by atoms with Gasteiger partial charge >= 0.3 is 0 Å². The number of nitrogens with one attached hydrogen (secondary N) is 3. The molecule has 1 aliphatic rings. The van der Waals surface area contributed by atoms with Crippen molar-refractivity contribution < 1.29 is 9.59 Å². The summed E-state index contributed by atoms with van der Waals surface area (Å²) < 4.78 is 0. The number of likely N-dealkylation sites (N-methyl/N-ethyl adjacent to an activating group) is 1. The molecule has 136 valence electrons. The average Bonchev–Trinajstić information content (AvgIpc) is 2.79. The van der Waals surface area contributed by atoms with Gasteiger partial charge in [0.15, 0.2) is 0 Å². The van der Waals surface area contributed by atoms with Crippen LogP contribution in [-0.4, -0.2) is 37.5 Å². The number of hydrogen-bond acceptors (Lipinski definition) is 3. The molecule has 1 heterocycles. The van der Waals surface area contributed by atoms with Gasteiger partial charge < -0.3 is 16.0 Å². The van der Waals surface area contributed by atoms with E-state index in [1.807, 2.05) is 19.2 Å². The van der Waals surface area contributed by atoms with Crippen LogP contribution < -0.4 is 16.0 Å². The molecule has 0 saturated carbocycles. The van der Waals surface area contributed by atoms with Crippen molar-refractivity contribution in [1.29, 1.82) is 0 Å². The lowest BCUT2D eigenvalue weighted by molar-refractivity contribution is -0.126. The zero-order chi connectivity index (χ0) is 18.2. The van der Waals surface area contributed by atoms with E-state index in [1.165, 1.54) is 6.08 Å². The molecule has 0 bridgehead atoms. The third-order valence-electron chi connectivity index (χ3n) is 4.14. The van der Waals surface area contributed by atoms with Gasteiger partial charge in [0.05, 0.1) is 10.0 Å². The quantitative estimate of drug-likeness (QED) is 0.660. The number of benzene rings is 1. The fourth-order valence-electron chi connectivity index (χ4n) is 2.69. The minimum Gasteiger partial charge on any atom is -0.354 e. The van der Waals surface area contributed by atoms with E-state index in [4.69, 9.17) is 23.2 Å². The van der Waals surface area contributed by atoms with Crippen LogP contribution in [0.3, 0.4) is 0 Å². The highest BCUT2D eigenvalue weighted by Gasteiger charge is 2.21. The van der Waals surface area contributed by atoms with Crippen molar-refractivity contribution in [2.45, 2.75) is 37.8 Å². The molecule has 5 nitrogen and oxygen atoms in total. The zero-order valence-corrected chi connectivity index (χ0v) is 15.7. The van der Waals surface area contributed by atoms with Gasteiger partial charge in [-0.2, -0.15) is 0 Å². The second kappa shape index (κ2) is 9.80. The first-order chi connectivity index (χ1) is 12.0. The van der Waals surface area contributed by atoms with E-state index >= 15 is 0 Å². The minimum absolute atomic E-state index is 0.0362. The van der Waals surface area contributed by atoms with Gasteiger partial charge in [-0.05, 0) is 50.4 Å². The molecule has 2 amide bonds. The highest BCUT2D eigenvalue weighted by molar-refractivity contribution is 6.42. The maximum absolute atomic E-state index is 12.1. The SMILES string of the molecule is CN[C@@H](/C=C/C(=O)NC1CCCCNC1=O)Cc1ccc(Cl)c(Cl)c1. The summed E-state index contributed by atoms with van der Waals surface area (Å²) in [6.45, 7) is 0.673. The lowest BCUT2D eigenvalue weighted by Crippen LogP contribution is -2.45. The smallest absolute Gasteiger partial charge is 0.244 e. The topological polar surface area (TPSA) is 70.2 Å². The van der Waals surface area contributed by atoms with E-state index in [-0.39, 0.29) is 17.9 Å². The largest absolute Gasteiger partial charge is 0.354 e. The Morgan fingerprint density at radius 2 is 2.16 bits per heavy atom. The Bertz CT molecular complexity index is 649. The summed E-state index contributed by atoms with van der Waals surface area (Å²) >= 11 is 12.0. The lowest BCUT2D eigenvalue weighted by atomic mass is 10.1. The summed E-state index contributed by atoms with van der Waals surface area (Å²) in [4.78, 5) is 24.0. The Morgan fingerprint density at radius 3 is 2.88 bits per heavy atom. The van der Waals surface area contributed by atoms with Gasteiger partial charge in [-0.1, -0.05) is 35.3 Å². The third-order valence-corrected chi connectivity index (χ3v) is 4.88. The van der Waals surface area contributed by atoms with Crippen LogP contribution in [0.25, 0.3) is 0 Å². The molecule has 0 aromatic heterocycles. The second-order valence-electron chi connectivity index (χ2n) is 6.05. The van der Waals surface area contributed by atoms with Crippen molar-refractivity contribution in [3.8, 4) is 0 Å². The van der Waals surface area contributed by atoms with E-state index in [1.54, 1.807) is 12.1 Å². The molecule has 1 unspecified atom stereocenters. The van der Waals surface area contributed by atoms with Crippen LogP contribution in [0.2, 0.25) is 10.0 Å². The summed E-state index contributed by atoms with van der Waals surface area (Å²) in [5.41, 5.74) is 1.02. The van der Waals surface area contributed by atoms with Crippen LogP contribution in [-0.2, 0) is 16.0 Å². The first-order valence-corrected chi connectivity index (χ1v) is 9.13. The summed E-state index contributed by atoms with van der Waals surface area (Å²) in [6.07, 6.45) is 6.46. The van der Waals surface area contributed by atoms with Crippen molar-refractivity contribution in [1.82, 2.24) is 16.0 Å². The molecule has 3 N–H and O–H groups in total. The lowest BCUT2D eigenvalue weighted by Gasteiger charge is -2.15. The Kier molecular flexibility index (Phi) is 7.75. The first-order valence-electron chi connectivity index (χ1n) is 8.37. The van der Waals surface area contributed by atoms with Crippen LogP contribution >= 0.6 is 23.2 Å². The highest BCUT2D eigenvalue weighted by Crippen LogP contribution is 2.23. The monoisotopic (exact) mass is 383 g/mol. The van der Waals surface area contributed by atoms with Crippen molar-refractivity contribution in [3.63, 3.8) is 0 Å². The molecular formula is C18H23Cl2N3O2. The maximum atomic E-state index is 12.1. The molecule has 1 saturated heterocycles. The maximum Gasteiger partial charge on any atom is 0.244 e. The Hall–Kier alpha value is -1.56. The Morgan fingerprint density at radius 1 is 1.36 bits per heavy atom. The molecule has 1 aliphatic heterocycles. The molecule has 7 heteroatoms. The van der Waals surface area contributed by atoms with Gasteiger partial charge in [0, 0.05) is 18.7 Å². The van der Waals surface area contributed by atoms with Crippen molar-refractivity contribution in [2.75, 3.05) is 13.6 Å². The molecular weight excluding hydrogens is 361 g/mol. The molecule has 1 fully saturated rings. The average molecular weight is 384 g/mol. The molecule has 0 spiro atoms. The van der Waals surface area contributed by atoms with Crippen LogP contribution in [0.4, 0.5) is 0 Å². The Balaban J connectivity index is 1.91. The van der Waals surface area contributed by atoms with Crippen LogP contribution in [0.1, 0.15) is 24.8 Å². The Labute approximate surface area is 158 Å². The predicted molar refractivity (Wildman–Crippen MR) is 101 cm³/mol. The predicted octanol–water partition coefficient (Wildman–Crippen LogP) is 2.47. The van der Waals surface area contributed by atoms with Crippen molar-refractivity contribution >= 4 is 35.0 Å². The van der Waals surface area contributed by atoms with Crippen LogP contribution in [0.15, 0.2) is 30.4 Å². The number of rotatable bonds is 6. The second-order valence-corrected chi connectivity index (χ2v) is 6.87. The van der Waals surface area contributed by atoms with E-state index in [0.717, 1.165) is 18.4 Å². The normalized spacial score (nSPS) is 19.3. The standard InChI is InChI=1S/C18H23Cl2N3O2/c1-21-13(10-12-5-7-14(19)15(20)11-12)6-8-17(24)23-16-4-2-3-9-22-18(16)25/h5-8,11,13,16,21H,2-4,9-10H2,1H3,(H,22,25)(H,23,24)/b8-6+/t13-,16?/m0/s1. The summed E-state index contributed by atoms with van der Waals surface area (Å²) in [6, 6.07) is 4.99.